The summed E-state index contributed by atoms with van der Waals surface area (Å²) < 4.78 is 5.66. The molecule has 0 aliphatic carbocycles. The molecule has 0 bridgehead atoms. The van der Waals surface area contributed by atoms with E-state index in [-0.39, 0.29) is 20.3 Å². The number of carboxylic acids is 1. The Morgan fingerprint density at radius 1 is 1.14 bits per heavy atom. The number of rotatable bonds is 5. The van der Waals surface area contributed by atoms with Crippen LogP contribution in [0.15, 0.2) is 60.2 Å². The molecule has 2 rings (SSSR count). The van der Waals surface area contributed by atoms with E-state index >= 15 is 0 Å². The third-order valence-electron chi connectivity index (χ3n) is 2.85. The van der Waals surface area contributed by atoms with E-state index in [0.29, 0.717) is 12.2 Å². The molecule has 0 aliphatic heterocycles. The van der Waals surface area contributed by atoms with Gasteiger partial charge in [-0.3, -0.25) is 0 Å². The van der Waals surface area contributed by atoms with Crippen molar-refractivity contribution in [3.8, 4) is 5.75 Å². The fourth-order valence-corrected chi connectivity index (χ4v) is 1.71. The van der Waals surface area contributed by atoms with Crippen molar-refractivity contribution in [1.29, 1.82) is 0 Å². The molecule has 0 saturated heterocycles. The quantitative estimate of drug-likeness (QED) is 0.651. The summed E-state index contributed by atoms with van der Waals surface area (Å²) in [6.07, 6.45) is 1.63. The predicted molar refractivity (Wildman–Crippen MR) is 79.6 cm³/mol. The first-order chi connectivity index (χ1) is 9.65. The Morgan fingerprint density at radius 3 is 2.33 bits per heavy atom. The van der Waals surface area contributed by atoms with Crippen molar-refractivity contribution in [3.63, 3.8) is 0 Å². The zero-order valence-electron chi connectivity index (χ0n) is 13.2. The van der Waals surface area contributed by atoms with Gasteiger partial charge in [0.25, 0.3) is 0 Å². The van der Waals surface area contributed by atoms with Crippen LogP contribution >= 0.6 is 0 Å². The summed E-state index contributed by atoms with van der Waals surface area (Å²) in [6.45, 7) is 2.09. The van der Waals surface area contributed by atoms with Gasteiger partial charge >= 0.3 is 24.8 Å². The van der Waals surface area contributed by atoms with Gasteiger partial charge in [0, 0.05) is 5.57 Å². The van der Waals surface area contributed by atoms with Crippen LogP contribution in [0.2, 0.25) is 0 Å². The molecule has 2 aromatic carbocycles. The van der Waals surface area contributed by atoms with Gasteiger partial charge in [0.05, 0.1) is 0 Å². The van der Waals surface area contributed by atoms with Crippen LogP contribution in [-0.4, -0.2) is 11.1 Å². The molecule has 0 fully saturated rings. The summed E-state index contributed by atoms with van der Waals surface area (Å²) in [4.78, 5) is 10.7. The molecule has 21 heavy (non-hydrogen) atoms. The van der Waals surface area contributed by atoms with Gasteiger partial charge in [0.2, 0.25) is 0 Å². The molecular weight excluding hydrogens is 259 g/mol. The number of ether oxygens (including phenoxy) is 1. The van der Waals surface area contributed by atoms with Gasteiger partial charge in [0.15, 0.2) is 0 Å². The predicted octanol–water partition coefficient (Wildman–Crippen LogP) is 0.870. The molecule has 3 nitrogen and oxygen atoms in total. The summed E-state index contributed by atoms with van der Waals surface area (Å²) in [5.74, 6) is -0.145. The van der Waals surface area contributed by atoms with Gasteiger partial charge < -0.3 is 11.3 Å². The van der Waals surface area contributed by atoms with Gasteiger partial charge in [-0.1, -0.05) is 42.5 Å². The maximum Gasteiger partial charge on any atom is 1.00 e. The van der Waals surface area contributed by atoms with Crippen molar-refractivity contribution in [3.05, 3.63) is 71.3 Å². The Labute approximate surface area is 137 Å². The van der Waals surface area contributed by atoms with Crippen molar-refractivity contribution in [2.45, 2.75) is 13.5 Å². The van der Waals surface area contributed by atoms with Crippen molar-refractivity contribution in [1.82, 2.24) is 0 Å². The Hall–Kier alpha value is -1.95. The van der Waals surface area contributed by atoms with Crippen LogP contribution in [-0.2, 0) is 11.4 Å². The minimum atomic E-state index is -0.908. The number of hydrogen-bond donors (Lipinski definition) is 1. The zero-order valence-corrected chi connectivity index (χ0v) is 12.2. The Bertz CT molecular complexity index is 610. The normalized spacial score (nSPS) is 10.6. The van der Waals surface area contributed by atoms with Crippen LogP contribution in [0.5, 0.6) is 5.75 Å². The van der Waals surface area contributed by atoms with Gasteiger partial charge in [0.1, 0.15) is 12.4 Å². The van der Waals surface area contributed by atoms with E-state index in [0.717, 1.165) is 16.9 Å². The maximum atomic E-state index is 10.7. The summed E-state index contributed by atoms with van der Waals surface area (Å²) >= 11 is 0. The zero-order chi connectivity index (χ0) is 14.4. The summed E-state index contributed by atoms with van der Waals surface area (Å²) in [5, 5.41) is 8.82. The molecule has 0 aromatic heterocycles. The average molecular weight is 276 g/mol. The van der Waals surface area contributed by atoms with Crippen LogP contribution in [0.25, 0.3) is 6.08 Å². The fourth-order valence-electron chi connectivity index (χ4n) is 1.71. The first-order valence-electron chi connectivity index (χ1n) is 6.33. The third-order valence-corrected chi connectivity index (χ3v) is 2.85. The molecule has 4 heteroatoms. The number of carbonyl (C=O) groups is 1. The second-order valence-corrected chi connectivity index (χ2v) is 4.48. The van der Waals surface area contributed by atoms with E-state index in [1.165, 1.54) is 0 Å². The SMILES string of the molecule is CC(=Cc1ccc(OCc2ccccc2)cc1)C(=O)O.[H-].[Li+]. The standard InChI is InChI=1S/C17H16O3.Li.H/c1-13(17(18)19)11-14-7-9-16(10-8-14)20-12-15-5-3-2-4-6-15;;/h2-11H,12H2,1H3,(H,18,19);;/q;+1;-1. The smallest absolute Gasteiger partial charge is 1.00 e. The first kappa shape index (κ1) is 17.1. The molecule has 0 heterocycles. The first-order valence-corrected chi connectivity index (χ1v) is 6.33. The van der Waals surface area contributed by atoms with E-state index in [2.05, 4.69) is 0 Å². The Balaban J connectivity index is 0.00000220. The Morgan fingerprint density at radius 2 is 1.76 bits per heavy atom. The average Bonchev–Trinajstić information content (AvgIpc) is 2.47. The molecule has 104 valence electrons. The molecule has 0 aliphatic rings. The monoisotopic (exact) mass is 276 g/mol. The maximum absolute atomic E-state index is 10.7. The fraction of sp³-hybridized carbons (Fsp3) is 0.118. The summed E-state index contributed by atoms with van der Waals surface area (Å²) in [5.41, 5.74) is 2.26. The molecule has 0 saturated carbocycles. The third kappa shape index (κ3) is 5.51. The van der Waals surface area contributed by atoms with Crippen LogP contribution < -0.4 is 23.6 Å². The number of aliphatic carboxylic acids is 1. The number of carboxylic acid groups (broad SMARTS) is 1. The van der Waals surface area contributed by atoms with Gasteiger partial charge in [-0.05, 0) is 36.3 Å². The van der Waals surface area contributed by atoms with Crippen LogP contribution in [0.4, 0.5) is 0 Å². The minimum absolute atomic E-state index is 0. The second kappa shape index (κ2) is 8.36. The van der Waals surface area contributed by atoms with Gasteiger partial charge in [-0.2, -0.15) is 0 Å². The molecule has 0 radical (unpaired) electrons. The number of hydrogen-bond acceptors (Lipinski definition) is 2. The van der Waals surface area contributed by atoms with Crippen molar-refractivity contribution in [2.75, 3.05) is 0 Å². The van der Waals surface area contributed by atoms with E-state index in [9.17, 15) is 4.79 Å². The van der Waals surface area contributed by atoms with Crippen LogP contribution in [0, 0.1) is 0 Å². The second-order valence-electron chi connectivity index (χ2n) is 4.48. The van der Waals surface area contributed by atoms with Gasteiger partial charge in [-0.15, -0.1) is 0 Å². The van der Waals surface area contributed by atoms with E-state index in [1.54, 1.807) is 13.0 Å². The Kier molecular flexibility index (Phi) is 6.81. The molecule has 1 N–H and O–H groups in total. The van der Waals surface area contributed by atoms with E-state index < -0.39 is 5.97 Å². The van der Waals surface area contributed by atoms with Gasteiger partial charge in [-0.25, -0.2) is 4.79 Å². The van der Waals surface area contributed by atoms with Crippen LogP contribution in [0.1, 0.15) is 19.5 Å². The van der Waals surface area contributed by atoms with Crippen LogP contribution in [0.3, 0.4) is 0 Å². The molecule has 0 unspecified atom stereocenters. The van der Waals surface area contributed by atoms with Crippen molar-refractivity contribution >= 4 is 12.0 Å². The largest absolute Gasteiger partial charge is 1.00 e. The molecule has 0 amide bonds. The summed E-state index contributed by atoms with van der Waals surface area (Å²) in [6, 6.07) is 17.3. The van der Waals surface area contributed by atoms with E-state index in [1.807, 2.05) is 54.6 Å². The van der Waals surface area contributed by atoms with Crippen molar-refractivity contribution < 1.29 is 34.9 Å². The molecule has 0 atom stereocenters. The minimum Gasteiger partial charge on any atom is -1.00 e. The summed E-state index contributed by atoms with van der Waals surface area (Å²) in [7, 11) is 0. The van der Waals surface area contributed by atoms with Crippen molar-refractivity contribution in [2.24, 2.45) is 0 Å². The topological polar surface area (TPSA) is 46.5 Å². The molecule has 0 spiro atoms. The molecule has 2 aromatic rings. The molecular formula is C17H17LiO3. The van der Waals surface area contributed by atoms with E-state index in [4.69, 9.17) is 9.84 Å². The number of benzene rings is 2.